The molecule has 1 fully saturated rings. The monoisotopic (exact) mass is 533 g/mol. The van der Waals surface area contributed by atoms with E-state index in [0.29, 0.717) is 34.5 Å². The lowest BCUT2D eigenvalue weighted by molar-refractivity contribution is -0.0456. The molecule has 2 aromatic heterocycles. The van der Waals surface area contributed by atoms with E-state index >= 15 is 0 Å². The number of ether oxygens (including phenoxy) is 1. The van der Waals surface area contributed by atoms with Crippen LogP contribution in [0.1, 0.15) is 54.2 Å². The Morgan fingerprint density at radius 2 is 1.86 bits per heavy atom. The van der Waals surface area contributed by atoms with Gasteiger partial charge in [-0.2, -0.15) is 5.10 Å². The zero-order valence-corrected chi connectivity index (χ0v) is 21.1. The van der Waals surface area contributed by atoms with Crippen LogP contribution in [0.15, 0.2) is 6.33 Å². The zero-order valence-electron chi connectivity index (χ0n) is 18.0. The highest BCUT2D eigenvalue weighted by atomic mass is 127. The number of aromatic nitrogens is 4. The summed E-state index contributed by atoms with van der Waals surface area (Å²) >= 11 is 2.14. The molecule has 8 nitrogen and oxygen atoms in total. The molecule has 2 aromatic rings. The van der Waals surface area contributed by atoms with E-state index in [1.54, 1.807) is 4.68 Å². The second kappa shape index (κ2) is 8.73. The molecule has 0 radical (unpaired) electrons. The van der Waals surface area contributed by atoms with E-state index in [0.717, 1.165) is 9.09 Å². The van der Waals surface area contributed by atoms with E-state index in [1.807, 2.05) is 0 Å². The lowest BCUT2D eigenvalue weighted by Gasteiger charge is -2.44. The molecule has 3 rings (SSSR count). The quantitative estimate of drug-likeness (QED) is 0.411. The number of nitrogens with zero attached hydrogens (tertiary/aromatic N) is 4. The molecule has 3 atom stereocenters. The van der Waals surface area contributed by atoms with E-state index in [-0.39, 0.29) is 25.0 Å². The van der Waals surface area contributed by atoms with Crippen LogP contribution in [0.4, 0.5) is 5.82 Å². The third kappa shape index (κ3) is 3.93. The molecule has 3 heterocycles. The van der Waals surface area contributed by atoms with Crippen LogP contribution in [0, 0.1) is 3.70 Å². The number of aliphatic hydroxyl groups excluding tert-OH is 1. The van der Waals surface area contributed by atoms with Crippen molar-refractivity contribution in [1.29, 1.82) is 0 Å². The van der Waals surface area contributed by atoms with E-state index in [4.69, 9.17) is 14.9 Å². The van der Waals surface area contributed by atoms with Gasteiger partial charge in [0.2, 0.25) is 8.32 Å². The summed E-state index contributed by atoms with van der Waals surface area (Å²) in [6.45, 7) is 13.5. The van der Waals surface area contributed by atoms with Gasteiger partial charge in [-0.3, -0.25) is 0 Å². The van der Waals surface area contributed by atoms with Gasteiger partial charge in [0.1, 0.15) is 21.9 Å². The minimum absolute atomic E-state index is 0.0899. The summed E-state index contributed by atoms with van der Waals surface area (Å²) in [5, 5.41) is 15.4. The van der Waals surface area contributed by atoms with E-state index < -0.39 is 8.32 Å². The molecular formula is C19H32IN5O3Si. The molecule has 29 heavy (non-hydrogen) atoms. The Morgan fingerprint density at radius 1 is 1.24 bits per heavy atom. The third-order valence-electron chi connectivity index (χ3n) is 6.17. The molecule has 0 spiro atoms. The Kier molecular flexibility index (Phi) is 6.88. The number of nitrogens with two attached hydrogens (primary N) is 1. The molecule has 1 aliphatic heterocycles. The Bertz CT molecular complexity index is 838. The standard InChI is InChI=1S/C19H32IN5O3Si/c1-10(2)29(11(3)4,12(5)6)28-13-7-15(27-14(13)8-26)25-19-16(17(20)24-25)18(21)22-9-23-19/h9-15,26H,7-8H2,1-6H3,(H2,21,22,23)/t13-,14-,15+/m0/s1. The van der Waals surface area contributed by atoms with Crippen molar-refractivity contribution in [3.05, 3.63) is 10.0 Å². The average Bonchev–Trinajstić information content (AvgIpc) is 3.20. The van der Waals surface area contributed by atoms with Gasteiger partial charge in [-0.1, -0.05) is 41.5 Å². The van der Waals surface area contributed by atoms with Gasteiger partial charge >= 0.3 is 0 Å². The first-order valence-corrected chi connectivity index (χ1v) is 13.4. The van der Waals surface area contributed by atoms with Crippen molar-refractivity contribution in [3.63, 3.8) is 0 Å². The fraction of sp³-hybridized carbons (Fsp3) is 0.737. The molecule has 10 heteroatoms. The molecule has 1 saturated heterocycles. The Balaban J connectivity index is 1.94. The minimum atomic E-state index is -2.11. The van der Waals surface area contributed by atoms with Gasteiger partial charge in [-0.05, 0) is 39.2 Å². The van der Waals surface area contributed by atoms with Crippen molar-refractivity contribution in [2.75, 3.05) is 12.3 Å². The van der Waals surface area contributed by atoms with Crippen LogP contribution < -0.4 is 5.73 Å². The van der Waals surface area contributed by atoms with Crippen LogP contribution in [-0.2, 0) is 9.16 Å². The van der Waals surface area contributed by atoms with Crippen molar-refractivity contribution in [1.82, 2.24) is 19.7 Å². The summed E-state index contributed by atoms with van der Waals surface area (Å²) < 4.78 is 15.6. The summed E-state index contributed by atoms with van der Waals surface area (Å²) in [4.78, 5) is 8.44. The Hall–Kier alpha value is -0.823. The molecule has 0 amide bonds. The van der Waals surface area contributed by atoms with Gasteiger partial charge in [0.25, 0.3) is 0 Å². The molecule has 1 aliphatic rings. The predicted molar refractivity (Wildman–Crippen MR) is 124 cm³/mol. The topological polar surface area (TPSA) is 108 Å². The highest BCUT2D eigenvalue weighted by Gasteiger charge is 2.50. The van der Waals surface area contributed by atoms with Crippen LogP contribution in [0.25, 0.3) is 11.0 Å². The zero-order chi connectivity index (χ0) is 21.5. The molecule has 0 unspecified atom stereocenters. The summed E-state index contributed by atoms with van der Waals surface area (Å²) in [6.07, 6.45) is 1.12. The van der Waals surface area contributed by atoms with Crippen LogP contribution in [0.2, 0.25) is 16.6 Å². The van der Waals surface area contributed by atoms with Crippen molar-refractivity contribution in [3.8, 4) is 0 Å². The molecular weight excluding hydrogens is 501 g/mol. The summed E-state index contributed by atoms with van der Waals surface area (Å²) in [5.41, 5.74) is 8.04. The van der Waals surface area contributed by atoms with E-state index in [2.05, 4.69) is 79.2 Å². The number of hydrogen-bond donors (Lipinski definition) is 2. The molecule has 3 N–H and O–H groups in total. The van der Waals surface area contributed by atoms with Crippen molar-refractivity contribution in [2.45, 2.75) is 83.0 Å². The van der Waals surface area contributed by atoms with E-state index in [1.165, 1.54) is 6.33 Å². The number of hydrogen-bond acceptors (Lipinski definition) is 7. The number of rotatable bonds is 7. The highest BCUT2D eigenvalue weighted by molar-refractivity contribution is 14.1. The summed E-state index contributed by atoms with van der Waals surface area (Å²) in [6, 6.07) is 0. The number of nitrogen functional groups attached to an aromatic ring is 1. The van der Waals surface area contributed by atoms with Crippen LogP contribution in [0.3, 0.4) is 0 Å². The molecule has 0 aliphatic carbocycles. The largest absolute Gasteiger partial charge is 0.410 e. The van der Waals surface area contributed by atoms with Gasteiger partial charge < -0.3 is 20.0 Å². The highest BCUT2D eigenvalue weighted by Crippen LogP contribution is 2.46. The molecule has 0 aromatic carbocycles. The Morgan fingerprint density at radius 3 is 2.41 bits per heavy atom. The van der Waals surface area contributed by atoms with Crippen LogP contribution in [0.5, 0.6) is 0 Å². The summed E-state index contributed by atoms with van der Waals surface area (Å²) in [7, 11) is -2.11. The average molecular weight is 533 g/mol. The van der Waals surface area contributed by atoms with E-state index in [9.17, 15) is 5.11 Å². The lowest BCUT2D eigenvalue weighted by Crippen LogP contribution is -2.51. The first-order valence-electron chi connectivity index (χ1n) is 10.2. The maximum absolute atomic E-state index is 10.0. The second-order valence-electron chi connectivity index (χ2n) is 8.71. The number of anilines is 1. The minimum Gasteiger partial charge on any atom is -0.410 e. The van der Waals surface area contributed by atoms with Crippen molar-refractivity contribution in [2.24, 2.45) is 0 Å². The third-order valence-corrected chi connectivity index (χ3v) is 13.1. The first-order chi connectivity index (χ1) is 13.6. The fourth-order valence-corrected chi connectivity index (χ4v) is 11.3. The molecule has 162 valence electrons. The predicted octanol–water partition coefficient (Wildman–Crippen LogP) is 3.85. The SMILES string of the molecule is CC(C)[Si](O[C@H]1C[C@H](n2nc(I)c3c(N)ncnc32)O[C@H]1CO)(C(C)C)C(C)C. The van der Waals surface area contributed by atoms with Crippen LogP contribution in [-0.4, -0.2) is 52.0 Å². The van der Waals surface area contributed by atoms with Gasteiger partial charge in [0.15, 0.2) is 11.9 Å². The number of aliphatic hydroxyl groups is 1. The van der Waals surface area contributed by atoms with Crippen molar-refractivity contribution < 1.29 is 14.3 Å². The maximum atomic E-state index is 10.0. The normalized spacial score (nSPS) is 23.2. The van der Waals surface area contributed by atoms with Crippen molar-refractivity contribution >= 4 is 47.8 Å². The second-order valence-corrected chi connectivity index (χ2v) is 15.1. The Labute approximate surface area is 186 Å². The number of fused-ring (bicyclic) bond motifs is 1. The fourth-order valence-electron chi connectivity index (χ4n) is 4.96. The smallest absolute Gasteiger partial charge is 0.200 e. The lowest BCUT2D eigenvalue weighted by atomic mass is 10.2. The maximum Gasteiger partial charge on any atom is 0.200 e. The van der Waals surface area contributed by atoms with Gasteiger partial charge in [0.05, 0.1) is 18.1 Å². The molecule has 0 saturated carbocycles. The first kappa shape index (κ1) is 22.9. The summed E-state index contributed by atoms with van der Waals surface area (Å²) in [5.74, 6) is 0.404. The van der Waals surface area contributed by atoms with Crippen LogP contribution >= 0.6 is 22.6 Å². The number of halogens is 1. The molecule has 0 bridgehead atoms. The van der Waals surface area contributed by atoms with Gasteiger partial charge in [-0.25, -0.2) is 14.6 Å². The van der Waals surface area contributed by atoms with Gasteiger partial charge in [0, 0.05) is 6.42 Å². The van der Waals surface area contributed by atoms with Gasteiger partial charge in [-0.15, -0.1) is 0 Å².